The molecule has 0 heterocycles. The number of anilines is 1. The van der Waals surface area contributed by atoms with E-state index in [1.807, 2.05) is 6.07 Å². The van der Waals surface area contributed by atoms with Crippen LogP contribution in [0.3, 0.4) is 0 Å². The third-order valence-corrected chi connectivity index (χ3v) is 4.23. The van der Waals surface area contributed by atoms with E-state index < -0.39 is 22.0 Å². The van der Waals surface area contributed by atoms with E-state index >= 15 is 0 Å². The van der Waals surface area contributed by atoms with Crippen molar-refractivity contribution >= 4 is 28.4 Å². The Morgan fingerprint density at radius 2 is 1.95 bits per heavy atom. The minimum atomic E-state index is -1.36. The number of amides is 1. The summed E-state index contributed by atoms with van der Waals surface area (Å²) in [5.41, 5.74) is 0.655. The molecule has 0 aliphatic rings. The molecule has 19 heavy (non-hydrogen) atoms. The number of carboxylic acid groups (broad SMARTS) is 1. The van der Waals surface area contributed by atoms with Gasteiger partial charge in [0.15, 0.2) is 0 Å². The Labute approximate surface area is 114 Å². The van der Waals surface area contributed by atoms with Crippen molar-refractivity contribution in [3.05, 3.63) is 30.3 Å². The lowest BCUT2D eigenvalue weighted by molar-refractivity contribution is -0.137. The first-order valence-corrected chi connectivity index (χ1v) is 7.34. The van der Waals surface area contributed by atoms with Gasteiger partial charge in [0.2, 0.25) is 5.91 Å². The van der Waals surface area contributed by atoms with Crippen molar-refractivity contribution in [1.82, 2.24) is 0 Å². The summed E-state index contributed by atoms with van der Waals surface area (Å²) in [6, 6.07) is 8.92. The summed E-state index contributed by atoms with van der Waals surface area (Å²) in [6.07, 6.45) is 0.281. The fourth-order valence-electron chi connectivity index (χ4n) is 1.43. The van der Waals surface area contributed by atoms with Crippen molar-refractivity contribution < 1.29 is 18.9 Å². The smallest absolute Gasteiger partial charge is 0.303 e. The Hall–Kier alpha value is -1.69. The van der Waals surface area contributed by atoms with Gasteiger partial charge in [0.1, 0.15) is 5.25 Å². The second-order valence-electron chi connectivity index (χ2n) is 4.08. The van der Waals surface area contributed by atoms with Crippen LogP contribution < -0.4 is 5.32 Å². The number of carboxylic acids is 1. The molecule has 104 valence electrons. The number of hydrogen-bond acceptors (Lipinski definition) is 3. The number of hydrogen-bond donors (Lipinski definition) is 2. The van der Waals surface area contributed by atoms with Gasteiger partial charge in [-0.3, -0.25) is 13.8 Å². The Morgan fingerprint density at radius 3 is 2.53 bits per heavy atom. The maximum absolute atomic E-state index is 11.8. The first-order valence-electron chi connectivity index (χ1n) is 5.95. The zero-order valence-electron chi connectivity index (χ0n) is 10.7. The van der Waals surface area contributed by atoms with E-state index in [9.17, 15) is 13.8 Å². The van der Waals surface area contributed by atoms with E-state index in [4.69, 9.17) is 5.11 Å². The predicted octanol–water partition coefficient (Wildman–Crippen LogP) is 1.63. The van der Waals surface area contributed by atoms with Gasteiger partial charge in [-0.05, 0) is 25.5 Å². The molecule has 0 aromatic heterocycles. The van der Waals surface area contributed by atoms with E-state index in [2.05, 4.69) is 5.32 Å². The van der Waals surface area contributed by atoms with Gasteiger partial charge in [-0.2, -0.15) is 0 Å². The molecule has 1 amide bonds. The maximum atomic E-state index is 11.8. The lowest BCUT2D eigenvalue weighted by atomic mass is 10.3. The minimum absolute atomic E-state index is 0.0290. The molecule has 0 saturated heterocycles. The van der Waals surface area contributed by atoms with E-state index in [-0.39, 0.29) is 18.1 Å². The Kier molecular flexibility index (Phi) is 6.21. The predicted molar refractivity (Wildman–Crippen MR) is 74.4 cm³/mol. The molecule has 0 bridgehead atoms. The Balaban J connectivity index is 2.43. The highest BCUT2D eigenvalue weighted by molar-refractivity contribution is 7.86. The molecule has 1 aromatic carbocycles. The monoisotopic (exact) mass is 283 g/mol. The van der Waals surface area contributed by atoms with E-state index in [1.165, 1.54) is 0 Å². The fraction of sp³-hybridized carbons (Fsp3) is 0.385. The fourth-order valence-corrected chi connectivity index (χ4v) is 2.51. The van der Waals surface area contributed by atoms with Crippen LogP contribution >= 0.6 is 0 Å². The number of benzene rings is 1. The van der Waals surface area contributed by atoms with Crippen LogP contribution in [0.4, 0.5) is 5.69 Å². The molecule has 6 heteroatoms. The van der Waals surface area contributed by atoms with Crippen LogP contribution in [0.25, 0.3) is 0 Å². The van der Waals surface area contributed by atoms with Crippen LogP contribution in [0, 0.1) is 0 Å². The summed E-state index contributed by atoms with van der Waals surface area (Å²) in [4.78, 5) is 22.2. The van der Waals surface area contributed by atoms with Crippen molar-refractivity contribution in [3.63, 3.8) is 0 Å². The lowest BCUT2D eigenvalue weighted by Gasteiger charge is -2.11. The number of aliphatic carboxylic acids is 1. The Bertz CT molecular complexity index is 461. The molecule has 0 saturated carbocycles. The van der Waals surface area contributed by atoms with Crippen molar-refractivity contribution in [1.29, 1.82) is 0 Å². The second-order valence-corrected chi connectivity index (χ2v) is 5.96. The summed E-state index contributed by atoms with van der Waals surface area (Å²) >= 11 is 0. The summed E-state index contributed by atoms with van der Waals surface area (Å²) in [5, 5.41) is 10.5. The van der Waals surface area contributed by atoms with Crippen LogP contribution in [-0.4, -0.2) is 32.2 Å². The molecule has 1 rings (SSSR count). The number of carbonyl (C=O) groups excluding carboxylic acids is 1. The number of nitrogens with one attached hydrogen (secondary N) is 1. The molecule has 0 spiro atoms. The molecule has 0 aliphatic carbocycles. The normalized spacial score (nSPS) is 13.5. The van der Waals surface area contributed by atoms with Crippen molar-refractivity contribution in [2.75, 3.05) is 11.1 Å². The van der Waals surface area contributed by atoms with Gasteiger partial charge < -0.3 is 10.4 Å². The van der Waals surface area contributed by atoms with Gasteiger partial charge in [-0.1, -0.05) is 18.2 Å². The lowest BCUT2D eigenvalue weighted by Crippen LogP contribution is -2.30. The van der Waals surface area contributed by atoms with Crippen LogP contribution in [0.2, 0.25) is 0 Å². The van der Waals surface area contributed by atoms with Crippen LogP contribution in [0.15, 0.2) is 30.3 Å². The number of para-hydroxylation sites is 1. The van der Waals surface area contributed by atoms with E-state index in [0.29, 0.717) is 12.1 Å². The molecule has 5 nitrogen and oxygen atoms in total. The average molecular weight is 283 g/mol. The molecule has 2 atom stereocenters. The van der Waals surface area contributed by atoms with Crippen molar-refractivity contribution in [2.24, 2.45) is 0 Å². The maximum Gasteiger partial charge on any atom is 0.303 e. The van der Waals surface area contributed by atoms with Crippen LogP contribution in [-0.2, 0) is 20.4 Å². The summed E-state index contributed by atoms with van der Waals surface area (Å²) in [5.74, 6) is -1.02. The number of carbonyl (C=O) groups is 2. The van der Waals surface area contributed by atoms with Crippen molar-refractivity contribution in [3.8, 4) is 0 Å². The van der Waals surface area contributed by atoms with Gasteiger partial charge >= 0.3 is 5.97 Å². The molecule has 0 radical (unpaired) electrons. The summed E-state index contributed by atoms with van der Waals surface area (Å²) in [7, 11) is -1.36. The molecule has 1 aromatic rings. The SMILES string of the molecule is CC(C(=O)Nc1ccccc1)S(=O)CCCC(=O)O. The summed E-state index contributed by atoms with van der Waals surface area (Å²) < 4.78 is 11.8. The zero-order valence-corrected chi connectivity index (χ0v) is 11.5. The highest BCUT2D eigenvalue weighted by Gasteiger charge is 2.19. The third-order valence-electron chi connectivity index (χ3n) is 2.54. The first kappa shape index (κ1) is 15.4. The van der Waals surface area contributed by atoms with Gasteiger partial charge in [-0.15, -0.1) is 0 Å². The minimum Gasteiger partial charge on any atom is -0.481 e. The van der Waals surface area contributed by atoms with Crippen LogP contribution in [0.5, 0.6) is 0 Å². The van der Waals surface area contributed by atoms with Crippen molar-refractivity contribution in [2.45, 2.75) is 25.0 Å². The van der Waals surface area contributed by atoms with Gasteiger partial charge in [-0.25, -0.2) is 0 Å². The molecule has 0 aliphatic heterocycles. The van der Waals surface area contributed by atoms with Crippen LogP contribution in [0.1, 0.15) is 19.8 Å². The van der Waals surface area contributed by atoms with E-state index in [0.717, 1.165) is 0 Å². The molecular weight excluding hydrogens is 266 g/mol. The standard InChI is InChI=1S/C13H17NO4S/c1-10(19(18)9-5-8-12(15)16)13(17)14-11-6-3-2-4-7-11/h2-4,6-7,10H,5,8-9H2,1H3,(H,14,17)(H,15,16). The number of rotatable bonds is 7. The van der Waals surface area contributed by atoms with E-state index in [1.54, 1.807) is 31.2 Å². The summed E-state index contributed by atoms with van der Waals surface area (Å²) in [6.45, 7) is 1.58. The molecule has 2 N–H and O–H groups in total. The molecule has 0 fully saturated rings. The Morgan fingerprint density at radius 1 is 1.32 bits per heavy atom. The highest BCUT2D eigenvalue weighted by Crippen LogP contribution is 2.08. The molecule has 2 unspecified atom stereocenters. The second kappa shape index (κ2) is 7.68. The molecular formula is C13H17NO4S. The van der Waals surface area contributed by atoms with Gasteiger partial charge in [0.05, 0.1) is 0 Å². The zero-order chi connectivity index (χ0) is 14.3. The first-order chi connectivity index (χ1) is 9.00. The third kappa shape index (κ3) is 5.65. The van der Waals surface area contributed by atoms with Gasteiger partial charge in [0, 0.05) is 28.7 Å². The quantitative estimate of drug-likeness (QED) is 0.796. The topological polar surface area (TPSA) is 83.5 Å². The average Bonchev–Trinajstić information content (AvgIpc) is 2.38. The largest absolute Gasteiger partial charge is 0.481 e. The van der Waals surface area contributed by atoms with Gasteiger partial charge in [0.25, 0.3) is 0 Å². The highest BCUT2D eigenvalue weighted by atomic mass is 32.2.